The molecule has 3 aliphatic heterocycles. The number of aliphatic imine (C=N–C) groups is 1. The molecule has 4 rings (SSSR count). The summed E-state index contributed by atoms with van der Waals surface area (Å²) >= 11 is 2.64. The van der Waals surface area contributed by atoms with Gasteiger partial charge in [0.1, 0.15) is 5.84 Å². The molecular formula is C15H12N4O3S2. The van der Waals surface area contributed by atoms with Gasteiger partial charge in [-0.1, -0.05) is 24.8 Å². The summed E-state index contributed by atoms with van der Waals surface area (Å²) in [6.07, 6.45) is 1.64. The van der Waals surface area contributed by atoms with E-state index in [2.05, 4.69) is 9.39 Å². The number of hydrogen-bond donors (Lipinski definition) is 1. The SMILES string of the molecule is CCSC1=NSC2=NC(=O)/C(=C\c3ccc4c(c3)OCO4)C(=N)N12. The molecule has 0 fully saturated rings. The van der Waals surface area contributed by atoms with Gasteiger partial charge in [-0.3, -0.25) is 10.2 Å². The van der Waals surface area contributed by atoms with Crippen molar-refractivity contribution in [2.75, 3.05) is 12.5 Å². The Hall–Kier alpha value is -2.26. The number of nitrogens with zero attached hydrogens (tertiary/aromatic N) is 3. The van der Waals surface area contributed by atoms with Crippen LogP contribution in [0.3, 0.4) is 0 Å². The minimum Gasteiger partial charge on any atom is -0.454 e. The second-order valence-electron chi connectivity index (χ2n) is 4.95. The molecule has 122 valence electrons. The Labute approximate surface area is 146 Å². The highest BCUT2D eigenvalue weighted by Gasteiger charge is 2.37. The van der Waals surface area contributed by atoms with Gasteiger partial charge in [-0.2, -0.15) is 9.39 Å². The molecule has 0 bridgehead atoms. The number of ether oxygens (including phenoxy) is 2. The number of nitrogens with one attached hydrogen (secondary N) is 1. The molecule has 0 aromatic heterocycles. The van der Waals surface area contributed by atoms with E-state index >= 15 is 0 Å². The number of amides is 1. The van der Waals surface area contributed by atoms with Gasteiger partial charge in [0.15, 0.2) is 16.7 Å². The Bertz CT molecular complexity index is 847. The lowest BCUT2D eigenvalue weighted by Gasteiger charge is -2.24. The van der Waals surface area contributed by atoms with Gasteiger partial charge in [0, 0.05) is 0 Å². The van der Waals surface area contributed by atoms with Crippen molar-refractivity contribution in [3.63, 3.8) is 0 Å². The van der Waals surface area contributed by atoms with E-state index in [-0.39, 0.29) is 18.2 Å². The fraction of sp³-hybridized carbons (Fsp3) is 0.200. The molecule has 1 N–H and O–H groups in total. The normalized spacial score (nSPS) is 20.4. The fourth-order valence-electron chi connectivity index (χ4n) is 2.39. The summed E-state index contributed by atoms with van der Waals surface area (Å²) in [6, 6.07) is 5.38. The van der Waals surface area contributed by atoms with Crippen molar-refractivity contribution in [1.82, 2.24) is 4.90 Å². The van der Waals surface area contributed by atoms with E-state index in [1.54, 1.807) is 23.1 Å². The standard InChI is InChI=1S/C15H12N4O3S2/c1-2-23-15-18-24-14-17-13(20)9(12(16)19(14)15)5-8-3-4-10-11(6-8)22-7-21-10/h3-6,16H,2,7H2,1H3/b9-5-,16-12?. The number of hydrogen-bond acceptors (Lipinski definition) is 7. The van der Waals surface area contributed by atoms with Crippen LogP contribution in [-0.2, 0) is 4.79 Å². The molecule has 0 unspecified atom stereocenters. The predicted molar refractivity (Wildman–Crippen MR) is 95.7 cm³/mol. The highest BCUT2D eigenvalue weighted by Crippen LogP contribution is 2.35. The maximum atomic E-state index is 12.3. The van der Waals surface area contributed by atoms with Crippen LogP contribution in [0.25, 0.3) is 6.08 Å². The number of fused-ring (bicyclic) bond motifs is 2. The molecule has 0 aliphatic carbocycles. The molecule has 0 radical (unpaired) electrons. The van der Waals surface area contributed by atoms with Crippen LogP contribution in [0.2, 0.25) is 0 Å². The lowest BCUT2D eigenvalue weighted by Crippen LogP contribution is -2.41. The van der Waals surface area contributed by atoms with Gasteiger partial charge in [-0.05, 0) is 29.5 Å². The van der Waals surface area contributed by atoms with Crippen LogP contribution in [0, 0.1) is 5.41 Å². The second kappa shape index (κ2) is 5.99. The first-order valence-corrected chi connectivity index (χ1v) is 8.94. The summed E-state index contributed by atoms with van der Waals surface area (Å²) in [5.41, 5.74) is 0.976. The molecule has 0 atom stereocenters. The minimum atomic E-state index is -0.436. The van der Waals surface area contributed by atoms with E-state index in [0.29, 0.717) is 21.8 Å². The van der Waals surface area contributed by atoms with E-state index in [9.17, 15) is 4.79 Å². The van der Waals surface area contributed by atoms with Crippen LogP contribution >= 0.6 is 23.7 Å². The zero-order valence-electron chi connectivity index (χ0n) is 12.6. The van der Waals surface area contributed by atoms with Crippen LogP contribution in [0.1, 0.15) is 12.5 Å². The first kappa shape index (κ1) is 15.3. The van der Waals surface area contributed by atoms with Gasteiger partial charge < -0.3 is 9.47 Å². The third-order valence-electron chi connectivity index (χ3n) is 3.48. The zero-order chi connectivity index (χ0) is 16.7. The van der Waals surface area contributed by atoms with Gasteiger partial charge in [-0.15, -0.1) is 0 Å². The van der Waals surface area contributed by atoms with Crippen LogP contribution in [0.4, 0.5) is 0 Å². The highest BCUT2D eigenvalue weighted by molar-refractivity contribution is 8.19. The van der Waals surface area contributed by atoms with Crippen LogP contribution < -0.4 is 9.47 Å². The van der Waals surface area contributed by atoms with Crippen LogP contribution in [-0.4, -0.2) is 39.5 Å². The minimum absolute atomic E-state index is 0.0902. The molecule has 3 aliphatic rings. The first-order valence-electron chi connectivity index (χ1n) is 7.18. The number of rotatable bonds is 2. The van der Waals surface area contributed by atoms with E-state index in [0.717, 1.165) is 23.3 Å². The summed E-state index contributed by atoms with van der Waals surface area (Å²) < 4.78 is 14.9. The van der Waals surface area contributed by atoms with Crippen molar-refractivity contribution in [3.8, 4) is 11.5 Å². The molecule has 1 aromatic rings. The Morgan fingerprint density at radius 2 is 2.25 bits per heavy atom. The molecule has 3 heterocycles. The number of benzene rings is 1. The van der Waals surface area contributed by atoms with Crippen LogP contribution in [0.5, 0.6) is 11.5 Å². The molecule has 7 nitrogen and oxygen atoms in total. The number of thioether (sulfide) groups is 1. The largest absolute Gasteiger partial charge is 0.454 e. The molecule has 9 heteroatoms. The predicted octanol–water partition coefficient (Wildman–Crippen LogP) is 2.75. The summed E-state index contributed by atoms with van der Waals surface area (Å²) in [7, 11) is 0. The topological polar surface area (TPSA) is 87.3 Å². The van der Waals surface area contributed by atoms with Crippen molar-refractivity contribution in [1.29, 1.82) is 5.41 Å². The summed E-state index contributed by atoms with van der Waals surface area (Å²) in [6.45, 7) is 2.20. The maximum absolute atomic E-state index is 12.3. The summed E-state index contributed by atoms with van der Waals surface area (Å²) in [5.74, 6) is 1.78. The lowest BCUT2D eigenvalue weighted by molar-refractivity contribution is -0.114. The molecule has 0 saturated carbocycles. The van der Waals surface area contributed by atoms with Crippen molar-refractivity contribution in [2.24, 2.45) is 9.39 Å². The molecular weight excluding hydrogens is 348 g/mol. The van der Waals surface area contributed by atoms with Crippen molar-refractivity contribution >= 4 is 51.9 Å². The summed E-state index contributed by atoms with van der Waals surface area (Å²) in [5, 5.41) is 9.52. The molecule has 0 spiro atoms. The maximum Gasteiger partial charge on any atom is 0.283 e. The fourth-order valence-corrected chi connectivity index (χ4v) is 3.96. The Balaban J connectivity index is 1.69. The Morgan fingerprint density at radius 3 is 3.08 bits per heavy atom. The van der Waals surface area contributed by atoms with Crippen molar-refractivity contribution in [3.05, 3.63) is 29.3 Å². The summed E-state index contributed by atoms with van der Waals surface area (Å²) in [4.78, 5) is 18.0. The quantitative estimate of drug-likeness (QED) is 0.644. The number of carbonyl (C=O) groups excluding carboxylic acids is 1. The van der Waals surface area contributed by atoms with Crippen LogP contribution in [0.15, 0.2) is 33.2 Å². The third-order valence-corrected chi connectivity index (χ3v) is 5.11. The molecule has 1 amide bonds. The number of amidine groups is 3. The molecule has 24 heavy (non-hydrogen) atoms. The lowest BCUT2D eigenvalue weighted by atomic mass is 10.1. The Morgan fingerprint density at radius 1 is 1.42 bits per heavy atom. The number of carbonyl (C=O) groups is 1. The van der Waals surface area contributed by atoms with Gasteiger partial charge in [-0.25, -0.2) is 4.90 Å². The Kier molecular flexibility index (Phi) is 3.81. The van der Waals surface area contributed by atoms with Gasteiger partial charge >= 0.3 is 0 Å². The average Bonchev–Trinajstić information content (AvgIpc) is 3.18. The highest BCUT2D eigenvalue weighted by atomic mass is 32.2. The average molecular weight is 360 g/mol. The zero-order valence-corrected chi connectivity index (χ0v) is 14.2. The van der Waals surface area contributed by atoms with Crippen molar-refractivity contribution < 1.29 is 14.3 Å². The molecule has 1 aromatic carbocycles. The first-order chi connectivity index (χ1) is 11.7. The monoisotopic (exact) mass is 360 g/mol. The van der Waals surface area contributed by atoms with Gasteiger partial charge in [0.2, 0.25) is 12.0 Å². The van der Waals surface area contributed by atoms with E-state index < -0.39 is 5.91 Å². The van der Waals surface area contributed by atoms with Crippen molar-refractivity contribution in [2.45, 2.75) is 6.92 Å². The third kappa shape index (κ3) is 2.49. The van der Waals surface area contributed by atoms with E-state index in [4.69, 9.17) is 14.9 Å². The molecule has 0 saturated heterocycles. The van der Waals surface area contributed by atoms with Gasteiger partial charge in [0.25, 0.3) is 5.91 Å². The smallest absolute Gasteiger partial charge is 0.283 e. The van der Waals surface area contributed by atoms with Gasteiger partial charge in [0.05, 0.1) is 17.5 Å². The van der Waals surface area contributed by atoms with E-state index in [1.165, 1.54) is 11.8 Å². The second-order valence-corrected chi connectivity index (χ2v) is 6.91. The van der Waals surface area contributed by atoms with E-state index in [1.807, 2.05) is 13.0 Å².